The maximum atomic E-state index is 4.50. The summed E-state index contributed by atoms with van der Waals surface area (Å²) in [4.78, 5) is 2.85. The summed E-state index contributed by atoms with van der Waals surface area (Å²) < 4.78 is 3.18. The first-order valence-corrected chi connectivity index (χ1v) is 8.26. The van der Waals surface area contributed by atoms with Gasteiger partial charge in [-0.2, -0.15) is 5.10 Å². The van der Waals surface area contributed by atoms with Crippen LogP contribution in [0.3, 0.4) is 0 Å². The van der Waals surface area contributed by atoms with Gasteiger partial charge in [0.1, 0.15) is 0 Å². The van der Waals surface area contributed by atoms with Gasteiger partial charge in [-0.1, -0.05) is 6.92 Å². The molecule has 0 bridgehead atoms. The second-order valence-electron chi connectivity index (χ2n) is 4.49. The average Bonchev–Trinajstić information content (AvgIpc) is 2.98. The van der Waals surface area contributed by atoms with Crippen molar-refractivity contribution in [2.75, 3.05) is 0 Å². The largest absolute Gasteiger partial charge is 0.306 e. The van der Waals surface area contributed by atoms with Crippen molar-refractivity contribution in [2.24, 2.45) is 0 Å². The third-order valence-corrected chi connectivity index (χ3v) is 5.37. The Labute approximate surface area is 127 Å². The van der Waals surface area contributed by atoms with E-state index in [9.17, 15) is 0 Å². The molecule has 2 rings (SSSR count). The fourth-order valence-corrected chi connectivity index (χ4v) is 3.40. The van der Waals surface area contributed by atoms with Crippen molar-refractivity contribution in [3.63, 3.8) is 0 Å². The lowest BCUT2D eigenvalue weighted by atomic mass is 10.3. The van der Waals surface area contributed by atoms with Crippen LogP contribution in [0.5, 0.6) is 0 Å². The number of rotatable bonds is 6. The first-order valence-electron chi connectivity index (χ1n) is 6.65. The highest BCUT2D eigenvalue weighted by Gasteiger charge is 2.11. The smallest absolute Gasteiger partial charge is 0.0739 e. The monoisotopic (exact) mass is 341 g/mol. The molecular formula is C14H20BrN3S. The fraction of sp³-hybridized carbons (Fsp3) is 0.500. The number of hydrogen-bond acceptors (Lipinski definition) is 3. The molecule has 104 valence electrons. The summed E-state index contributed by atoms with van der Waals surface area (Å²) in [6.45, 7) is 9.02. The normalized spacial score (nSPS) is 11.2. The van der Waals surface area contributed by atoms with Crippen molar-refractivity contribution in [3.8, 4) is 0 Å². The van der Waals surface area contributed by atoms with E-state index in [1.807, 2.05) is 18.3 Å². The van der Waals surface area contributed by atoms with Gasteiger partial charge in [0, 0.05) is 29.4 Å². The maximum absolute atomic E-state index is 4.50. The van der Waals surface area contributed by atoms with Gasteiger partial charge >= 0.3 is 0 Å². The molecule has 0 spiro atoms. The molecule has 0 fully saturated rings. The van der Waals surface area contributed by atoms with Gasteiger partial charge in [0.25, 0.3) is 0 Å². The van der Waals surface area contributed by atoms with Crippen LogP contribution in [0.4, 0.5) is 0 Å². The maximum Gasteiger partial charge on any atom is 0.0739 e. The molecule has 1 N–H and O–H groups in total. The number of hydrogen-bond donors (Lipinski definition) is 1. The van der Waals surface area contributed by atoms with Crippen molar-refractivity contribution < 1.29 is 0 Å². The van der Waals surface area contributed by atoms with Crippen LogP contribution in [-0.4, -0.2) is 9.78 Å². The molecule has 0 aromatic carbocycles. The van der Waals surface area contributed by atoms with E-state index in [1.54, 1.807) is 0 Å². The SMILES string of the molecule is CCc1ccc(CNCc2c(Br)c(C)nn2CC)s1. The third kappa shape index (κ3) is 3.46. The lowest BCUT2D eigenvalue weighted by Gasteiger charge is -2.06. The molecule has 0 radical (unpaired) electrons. The zero-order valence-corrected chi connectivity index (χ0v) is 14.1. The third-order valence-electron chi connectivity index (χ3n) is 3.11. The summed E-state index contributed by atoms with van der Waals surface area (Å²) in [7, 11) is 0. The molecule has 3 nitrogen and oxygen atoms in total. The van der Waals surface area contributed by atoms with Crippen LogP contribution in [0.25, 0.3) is 0 Å². The van der Waals surface area contributed by atoms with Gasteiger partial charge in [-0.3, -0.25) is 4.68 Å². The molecule has 2 heterocycles. The van der Waals surface area contributed by atoms with E-state index in [4.69, 9.17) is 0 Å². The van der Waals surface area contributed by atoms with Crippen molar-refractivity contribution in [3.05, 3.63) is 37.7 Å². The molecule has 0 unspecified atom stereocenters. The van der Waals surface area contributed by atoms with Crippen molar-refractivity contribution in [1.82, 2.24) is 15.1 Å². The van der Waals surface area contributed by atoms with Crippen LogP contribution in [-0.2, 0) is 26.1 Å². The van der Waals surface area contributed by atoms with E-state index in [0.717, 1.165) is 36.2 Å². The predicted molar refractivity (Wildman–Crippen MR) is 84.6 cm³/mol. The van der Waals surface area contributed by atoms with Crippen LogP contribution < -0.4 is 5.32 Å². The quantitative estimate of drug-likeness (QED) is 0.863. The molecule has 0 amide bonds. The van der Waals surface area contributed by atoms with Crippen molar-refractivity contribution in [2.45, 2.75) is 46.8 Å². The van der Waals surface area contributed by atoms with E-state index in [2.05, 4.69) is 57.0 Å². The molecule has 0 saturated heterocycles. The fourth-order valence-electron chi connectivity index (χ4n) is 2.05. The highest BCUT2D eigenvalue weighted by Crippen LogP contribution is 2.21. The molecular weight excluding hydrogens is 322 g/mol. The number of aromatic nitrogens is 2. The Bertz CT molecular complexity index is 545. The minimum atomic E-state index is 0.842. The Morgan fingerprint density at radius 1 is 1.26 bits per heavy atom. The highest BCUT2D eigenvalue weighted by molar-refractivity contribution is 9.10. The second-order valence-corrected chi connectivity index (χ2v) is 6.53. The van der Waals surface area contributed by atoms with Gasteiger partial charge in [-0.25, -0.2) is 0 Å². The van der Waals surface area contributed by atoms with E-state index in [0.29, 0.717) is 0 Å². The molecule has 0 atom stereocenters. The van der Waals surface area contributed by atoms with Crippen molar-refractivity contribution >= 4 is 27.3 Å². The molecule has 0 aliphatic heterocycles. The number of thiophene rings is 1. The van der Waals surface area contributed by atoms with Crippen LogP contribution in [0.1, 0.15) is 35.0 Å². The van der Waals surface area contributed by atoms with Crippen LogP contribution in [0, 0.1) is 6.92 Å². The number of halogens is 1. The lowest BCUT2D eigenvalue weighted by Crippen LogP contribution is -2.16. The summed E-state index contributed by atoms with van der Waals surface area (Å²) in [5.41, 5.74) is 2.29. The van der Waals surface area contributed by atoms with Crippen LogP contribution in [0.15, 0.2) is 16.6 Å². The first-order chi connectivity index (χ1) is 9.15. The Hall–Kier alpha value is -0.650. The van der Waals surface area contributed by atoms with E-state index in [-0.39, 0.29) is 0 Å². The Balaban J connectivity index is 1.95. The Morgan fingerprint density at radius 2 is 2.00 bits per heavy atom. The number of nitrogens with zero attached hydrogens (tertiary/aromatic N) is 2. The summed E-state index contributed by atoms with van der Waals surface area (Å²) in [6.07, 6.45) is 1.12. The molecule has 2 aromatic rings. The van der Waals surface area contributed by atoms with Gasteiger partial charge < -0.3 is 5.32 Å². The minimum absolute atomic E-state index is 0.842. The summed E-state index contributed by atoms with van der Waals surface area (Å²) in [6, 6.07) is 4.44. The summed E-state index contributed by atoms with van der Waals surface area (Å²) >= 11 is 5.51. The highest BCUT2D eigenvalue weighted by atomic mass is 79.9. The Morgan fingerprint density at radius 3 is 2.63 bits per heavy atom. The van der Waals surface area contributed by atoms with E-state index in [1.165, 1.54) is 15.4 Å². The first kappa shape index (κ1) is 14.8. The molecule has 0 aliphatic rings. The standard InChI is InChI=1S/C14H20BrN3S/c1-4-11-6-7-12(19-11)8-16-9-13-14(15)10(3)17-18(13)5-2/h6-7,16H,4-5,8-9H2,1-3H3. The summed E-state index contributed by atoms with van der Waals surface area (Å²) in [5, 5.41) is 8.01. The van der Waals surface area contributed by atoms with Gasteiger partial charge in [0.05, 0.1) is 15.9 Å². The van der Waals surface area contributed by atoms with Gasteiger partial charge in [-0.05, 0) is 48.3 Å². The summed E-state index contributed by atoms with van der Waals surface area (Å²) in [5.74, 6) is 0. The minimum Gasteiger partial charge on any atom is -0.306 e. The zero-order chi connectivity index (χ0) is 13.8. The Kier molecular flexibility index (Phi) is 5.19. The number of nitrogens with one attached hydrogen (secondary N) is 1. The molecule has 19 heavy (non-hydrogen) atoms. The van der Waals surface area contributed by atoms with Gasteiger partial charge in [0.15, 0.2) is 0 Å². The topological polar surface area (TPSA) is 29.9 Å². The zero-order valence-electron chi connectivity index (χ0n) is 11.7. The van der Waals surface area contributed by atoms with E-state index < -0.39 is 0 Å². The predicted octanol–water partition coefficient (Wildman–Crippen LogP) is 3.89. The molecule has 0 saturated carbocycles. The van der Waals surface area contributed by atoms with Gasteiger partial charge in [0.2, 0.25) is 0 Å². The van der Waals surface area contributed by atoms with Crippen molar-refractivity contribution in [1.29, 1.82) is 0 Å². The number of aryl methyl sites for hydroxylation is 3. The average molecular weight is 342 g/mol. The second kappa shape index (κ2) is 6.68. The molecule has 2 aromatic heterocycles. The van der Waals surface area contributed by atoms with E-state index >= 15 is 0 Å². The van der Waals surface area contributed by atoms with Crippen LogP contribution in [0.2, 0.25) is 0 Å². The van der Waals surface area contributed by atoms with Crippen LogP contribution >= 0.6 is 27.3 Å². The molecule has 5 heteroatoms. The lowest BCUT2D eigenvalue weighted by molar-refractivity contribution is 0.579. The van der Waals surface area contributed by atoms with Gasteiger partial charge in [-0.15, -0.1) is 11.3 Å². The molecule has 0 aliphatic carbocycles.